The molecule has 112 valence electrons. The van der Waals surface area contributed by atoms with E-state index in [1.54, 1.807) is 12.1 Å². The highest BCUT2D eigenvalue weighted by Gasteiger charge is 2.09. The fraction of sp³-hybridized carbons (Fsp3) is 0.375. The summed E-state index contributed by atoms with van der Waals surface area (Å²) < 4.78 is 5.27. The first-order valence-electron chi connectivity index (χ1n) is 6.98. The molecule has 2 N–H and O–H groups in total. The van der Waals surface area contributed by atoms with Gasteiger partial charge in [-0.25, -0.2) is 0 Å². The highest BCUT2D eigenvalue weighted by molar-refractivity contribution is 6.01. The van der Waals surface area contributed by atoms with Gasteiger partial charge in [0.25, 0.3) is 5.91 Å². The van der Waals surface area contributed by atoms with Crippen molar-refractivity contribution >= 4 is 12.0 Å². The van der Waals surface area contributed by atoms with E-state index in [-0.39, 0.29) is 11.3 Å². The van der Waals surface area contributed by atoms with Gasteiger partial charge in [0.2, 0.25) is 0 Å². The fourth-order valence-electron chi connectivity index (χ4n) is 1.68. The van der Waals surface area contributed by atoms with Crippen molar-refractivity contribution in [1.29, 1.82) is 5.26 Å². The third kappa shape index (κ3) is 5.19. The van der Waals surface area contributed by atoms with Crippen molar-refractivity contribution in [3.8, 4) is 17.6 Å². The van der Waals surface area contributed by atoms with E-state index in [4.69, 9.17) is 10.00 Å². The van der Waals surface area contributed by atoms with Crippen molar-refractivity contribution in [3.05, 3.63) is 29.3 Å². The average molecular weight is 288 g/mol. The summed E-state index contributed by atoms with van der Waals surface area (Å²) in [7, 11) is 0. The van der Waals surface area contributed by atoms with Gasteiger partial charge in [0, 0.05) is 6.54 Å². The normalized spacial score (nSPS) is 10.8. The summed E-state index contributed by atoms with van der Waals surface area (Å²) in [5.41, 5.74) is 0.651. The van der Waals surface area contributed by atoms with Crippen LogP contribution in [0.25, 0.3) is 6.08 Å². The molecule has 0 aliphatic heterocycles. The lowest BCUT2D eigenvalue weighted by atomic mass is 10.1. The number of benzene rings is 1. The van der Waals surface area contributed by atoms with Crippen LogP contribution in [0.2, 0.25) is 0 Å². The molecule has 0 fully saturated rings. The molecule has 0 aliphatic rings. The van der Waals surface area contributed by atoms with E-state index in [0.29, 0.717) is 24.5 Å². The molecule has 1 aromatic carbocycles. The molecule has 1 amide bonds. The maximum Gasteiger partial charge on any atom is 0.261 e. The molecule has 0 bridgehead atoms. The highest BCUT2D eigenvalue weighted by atomic mass is 16.5. The Bertz CT molecular complexity index is 559. The molecule has 0 saturated heterocycles. The molecule has 0 atom stereocenters. The Morgan fingerprint density at radius 3 is 2.86 bits per heavy atom. The molecule has 1 aromatic rings. The number of nitriles is 1. The molecular formula is C16H20N2O3. The molecule has 21 heavy (non-hydrogen) atoms. The van der Waals surface area contributed by atoms with Crippen molar-refractivity contribution in [1.82, 2.24) is 5.32 Å². The molecule has 1 rings (SSSR count). The number of nitrogens with one attached hydrogen (secondary N) is 1. The number of aromatic hydroxyl groups is 1. The summed E-state index contributed by atoms with van der Waals surface area (Å²) in [6.45, 7) is 4.81. The number of phenols is 1. The van der Waals surface area contributed by atoms with Crippen LogP contribution in [0.1, 0.15) is 32.3 Å². The Hall–Kier alpha value is -2.48. The Kier molecular flexibility index (Phi) is 6.82. The number of hydrogen-bond donors (Lipinski definition) is 2. The summed E-state index contributed by atoms with van der Waals surface area (Å²) >= 11 is 0. The standard InChI is InChI=1S/C16H20N2O3/c1-3-5-8-18-16(20)13(11-17)9-12-6-7-14(19)15(10-12)21-4-2/h6-7,9-10,19H,3-5,8H2,1-2H3,(H,18,20)/b13-9-. The lowest BCUT2D eigenvalue weighted by molar-refractivity contribution is -0.117. The number of hydrogen-bond acceptors (Lipinski definition) is 4. The average Bonchev–Trinajstić information content (AvgIpc) is 2.48. The minimum atomic E-state index is -0.392. The summed E-state index contributed by atoms with van der Waals surface area (Å²) in [6, 6.07) is 6.57. The number of rotatable bonds is 7. The first-order valence-corrected chi connectivity index (χ1v) is 6.98. The maximum absolute atomic E-state index is 11.8. The van der Waals surface area contributed by atoms with Gasteiger partial charge in [0.1, 0.15) is 11.6 Å². The summed E-state index contributed by atoms with van der Waals surface area (Å²) in [5, 5.41) is 21.4. The molecule has 0 saturated carbocycles. The first-order chi connectivity index (χ1) is 10.1. The van der Waals surface area contributed by atoms with E-state index in [0.717, 1.165) is 12.8 Å². The third-order valence-corrected chi connectivity index (χ3v) is 2.78. The summed E-state index contributed by atoms with van der Waals surface area (Å²) in [6.07, 6.45) is 3.32. The predicted molar refractivity (Wildman–Crippen MR) is 80.8 cm³/mol. The van der Waals surface area contributed by atoms with Crippen LogP contribution in [-0.2, 0) is 4.79 Å². The van der Waals surface area contributed by atoms with Gasteiger partial charge in [-0.1, -0.05) is 19.4 Å². The van der Waals surface area contributed by atoms with Crippen molar-refractivity contribution in [3.63, 3.8) is 0 Å². The number of carbonyl (C=O) groups is 1. The van der Waals surface area contributed by atoms with Crippen LogP contribution in [-0.4, -0.2) is 24.2 Å². The van der Waals surface area contributed by atoms with Crippen LogP contribution < -0.4 is 10.1 Å². The van der Waals surface area contributed by atoms with E-state index in [2.05, 4.69) is 5.32 Å². The molecular weight excluding hydrogens is 268 g/mol. The van der Waals surface area contributed by atoms with E-state index in [1.165, 1.54) is 12.1 Å². The Morgan fingerprint density at radius 1 is 1.48 bits per heavy atom. The Labute approximate surface area is 124 Å². The number of ether oxygens (including phenoxy) is 1. The van der Waals surface area contributed by atoms with Crippen molar-refractivity contribution in [2.75, 3.05) is 13.2 Å². The van der Waals surface area contributed by atoms with E-state index in [9.17, 15) is 9.90 Å². The largest absolute Gasteiger partial charge is 0.504 e. The van der Waals surface area contributed by atoms with Crippen LogP contribution >= 0.6 is 0 Å². The zero-order valence-corrected chi connectivity index (χ0v) is 12.3. The number of amides is 1. The highest BCUT2D eigenvalue weighted by Crippen LogP contribution is 2.27. The number of phenolic OH excluding ortho intramolecular Hbond substituents is 1. The molecule has 0 aromatic heterocycles. The first kappa shape index (κ1) is 16.6. The smallest absolute Gasteiger partial charge is 0.261 e. The van der Waals surface area contributed by atoms with Gasteiger partial charge in [-0.05, 0) is 37.1 Å². The second-order valence-electron chi connectivity index (χ2n) is 4.44. The summed E-state index contributed by atoms with van der Waals surface area (Å²) in [4.78, 5) is 11.8. The van der Waals surface area contributed by atoms with E-state index >= 15 is 0 Å². The number of nitrogens with zero attached hydrogens (tertiary/aromatic N) is 1. The number of carbonyl (C=O) groups excluding carboxylic acids is 1. The zero-order valence-electron chi connectivity index (χ0n) is 12.3. The van der Waals surface area contributed by atoms with Gasteiger partial charge in [-0.15, -0.1) is 0 Å². The lowest BCUT2D eigenvalue weighted by Crippen LogP contribution is -2.25. The van der Waals surface area contributed by atoms with Crippen LogP contribution in [0.3, 0.4) is 0 Å². The topological polar surface area (TPSA) is 82.4 Å². The molecule has 0 aliphatic carbocycles. The Morgan fingerprint density at radius 2 is 2.24 bits per heavy atom. The van der Waals surface area contributed by atoms with Crippen LogP contribution in [0.5, 0.6) is 11.5 Å². The molecule has 5 nitrogen and oxygen atoms in total. The fourth-order valence-corrected chi connectivity index (χ4v) is 1.68. The molecule has 0 radical (unpaired) electrons. The molecule has 0 heterocycles. The second-order valence-corrected chi connectivity index (χ2v) is 4.44. The van der Waals surface area contributed by atoms with E-state index < -0.39 is 5.91 Å². The van der Waals surface area contributed by atoms with Gasteiger partial charge in [-0.3, -0.25) is 4.79 Å². The van der Waals surface area contributed by atoms with Gasteiger partial charge in [-0.2, -0.15) is 5.26 Å². The zero-order chi connectivity index (χ0) is 15.7. The molecule has 0 unspecified atom stereocenters. The Balaban J connectivity index is 2.90. The van der Waals surface area contributed by atoms with Crippen molar-refractivity contribution in [2.45, 2.75) is 26.7 Å². The van der Waals surface area contributed by atoms with E-state index in [1.807, 2.05) is 19.9 Å². The minimum absolute atomic E-state index is 0.0271. The van der Waals surface area contributed by atoms with Crippen LogP contribution in [0, 0.1) is 11.3 Å². The van der Waals surface area contributed by atoms with Crippen molar-refractivity contribution in [2.24, 2.45) is 0 Å². The van der Waals surface area contributed by atoms with Gasteiger partial charge in [0.15, 0.2) is 11.5 Å². The van der Waals surface area contributed by atoms with Crippen molar-refractivity contribution < 1.29 is 14.6 Å². The second kappa shape index (κ2) is 8.64. The minimum Gasteiger partial charge on any atom is -0.504 e. The molecule has 5 heteroatoms. The van der Waals surface area contributed by atoms with Gasteiger partial charge < -0.3 is 15.2 Å². The quantitative estimate of drug-likeness (QED) is 0.459. The maximum atomic E-state index is 11.8. The molecule has 0 spiro atoms. The third-order valence-electron chi connectivity index (χ3n) is 2.78. The summed E-state index contributed by atoms with van der Waals surface area (Å²) in [5.74, 6) is -0.0354. The van der Waals surface area contributed by atoms with Crippen LogP contribution in [0.4, 0.5) is 0 Å². The van der Waals surface area contributed by atoms with Gasteiger partial charge in [0.05, 0.1) is 6.61 Å². The number of unbranched alkanes of at least 4 members (excludes halogenated alkanes) is 1. The monoisotopic (exact) mass is 288 g/mol. The van der Waals surface area contributed by atoms with Crippen LogP contribution in [0.15, 0.2) is 23.8 Å². The van der Waals surface area contributed by atoms with Gasteiger partial charge >= 0.3 is 0 Å². The lowest BCUT2D eigenvalue weighted by Gasteiger charge is -2.07. The predicted octanol–water partition coefficient (Wildman–Crippen LogP) is 2.61. The SMILES string of the molecule is CCCCNC(=O)/C(C#N)=C\c1ccc(O)c(OCC)c1.